The summed E-state index contributed by atoms with van der Waals surface area (Å²) in [5, 5.41) is 6.85. The smallest absolute Gasteiger partial charge is 0.319 e. The number of hydrogen-bond donors (Lipinski definition) is 1. The number of carbonyl (C=O) groups is 2. The van der Waals surface area contributed by atoms with E-state index in [2.05, 4.69) is 0 Å². The lowest BCUT2D eigenvalue weighted by atomic mass is 10.8. The Labute approximate surface area is 57.6 Å². The highest BCUT2D eigenvalue weighted by molar-refractivity contribution is 8.06. The Bertz CT molecular complexity index is 249. The third-order valence-electron chi connectivity index (χ3n) is 0.751. The molecule has 10 heavy (non-hydrogen) atoms. The number of carboxylic acid groups (broad SMARTS) is 1. The molecule has 0 saturated heterocycles. The van der Waals surface area contributed by atoms with E-state index in [0.29, 0.717) is 0 Å². The molecule has 0 aliphatic rings. The molecule has 0 rings (SSSR count). The van der Waals surface area contributed by atoms with E-state index >= 15 is 0 Å². The van der Waals surface area contributed by atoms with Crippen LogP contribution in [0.4, 0.5) is 0 Å². The Morgan fingerprint density at radius 2 is 1.80 bits per heavy atom. The normalized spacial score (nSPS) is 10.9. The molecule has 0 bridgehead atoms. The molecule has 0 aliphatic heterocycles. The summed E-state index contributed by atoms with van der Waals surface area (Å²) in [4.78, 5) is 19.9. The van der Waals surface area contributed by atoms with E-state index in [-0.39, 0.29) is 0 Å². The van der Waals surface area contributed by atoms with Gasteiger partial charge in [-0.1, -0.05) is 0 Å². The van der Waals surface area contributed by atoms with Gasteiger partial charge < -0.3 is 5.11 Å². The van der Waals surface area contributed by atoms with Crippen LogP contribution in [0.3, 0.4) is 0 Å². The number of aliphatic carboxylic acids is 1. The Kier molecular flexibility index (Phi) is 2.53. The average molecular weight is 166 g/mol. The summed E-state index contributed by atoms with van der Waals surface area (Å²) in [6.45, 7) is 0.818. The number of carboxylic acids is 1. The van der Waals surface area contributed by atoms with Gasteiger partial charge in [0.05, 0.1) is 0 Å². The van der Waals surface area contributed by atoms with Gasteiger partial charge in [0.2, 0.25) is 15.0 Å². The van der Waals surface area contributed by atoms with Crippen molar-refractivity contribution in [1.82, 2.24) is 0 Å². The maximum Gasteiger partial charge on any atom is 0.319 e. The van der Waals surface area contributed by atoms with Crippen molar-refractivity contribution in [3.8, 4) is 0 Å². The molecule has 0 saturated carbocycles. The van der Waals surface area contributed by atoms with Gasteiger partial charge in [-0.3, -0.25) is 9.59 Å². The first kappa shape index (κ1) is 9.09. The van der Waals surface area contributed by atoms with Crippen molar-refractivity contribution in [1.29, 1.82) is 0 Å². The van der Waals surface area contributed by atoms with E-state index in [0.717, 1.165) is 6.92 Å². The van der Waals surface area contributed by atoms with E-state index < -0.39 is 26.7 Å². The van der Waals surface area contributed by atoms with E-state index in [1.165, 1.54) is 0 Å². The van der Waals surface area contributed by atoms with Gasteiger partial charge >= 0.3 is 5.97 Å². The second kappa shape index (κ2) is 2.78. The SMILES string of the molecule is CC(=O)S(=O)(=O)CC(=O)O. The van der Waals surface area contributed by atoms with Crippen molar-refractivity contribution in [2.75, 3.05) is 5.75 Å². The summed E-state index contributed by atoms with van der Waals surface area (Å²) in [5.41, 5.74) is 0. The Balaban J connectivity index is 4.46. The third kappa shape index (κ3) is 2.58. The second-order valence-electron chi connectivity index (χ2n) is 1.64. The maximum absolute atomic E-state index is 10.4. The molecule has 0 spiro atoms. The standard InChI is InChI=1S/C4H6O5S/c1-3(5)10(8,9)2-4(6)7/h2H2,1H3,(H,6,7). The minimum atomic E-state index is -4.04. The molecule has 0 unspecified atom stereocenters. The Morgan fingerprint density at radius 3 is 1.90 bits per heavy atom. The van der Waals surface area contributed by atoms with Crippen LogP contribution in [0.5, 0.6) is 0 Å². The molecule has 0 heterocycles. The molecule has 0 aliphatic carbocycles. The lowest BCUT2D eigenvalue weighted by molar-refractivity contribution is -0.134. The van der Waals surface area contributed by atoms with Gasteiger partial charge in [0, 0.05) is 6.92 Å². The summed E-state index contributed by atoms with van der Waals surface area (Å²) >= 11 is 0. The molecule has 0 aromatic heterocycles. The zero-order chi connectivity index (χ0) is 8.36. The van der Waals surface area contributed by atoms with Crippen molar-refractivity contribution >= 4 is 20.9 Å². The second-order valence-corrected chi connectivity index (χ2v) is 3.74. The zero-order valence-corrected chi connectivity index (χ0v) is 6.01. The van der Waals surface area contributed by atoms with Crippen LogP contribution in [0.2, 0.25) is 0 Å². The number of sulfone groups is 1. The molecule has 0 atom stereocenters. The fourth-order valence-electron chi connectivity index (χ4n) is 0.264. The van der Waals surface area contributed by atoms with Crippen molar-refractivity contribution in [2.45, 2.75) is 6.92 Å². The lowest BCUT2D eigenvalue weighted by Crippen LogP contribution is -2.20. The van der Waals surface area contributed by atoms with Gasteiger partial charge in [-0.25, -0.2) is 8.42 Å². The molecule has 0 radical (unpaired) electrons. The summed E-state index contributed by atoms with van der Waals surface area (Å²) in [6.07, 6.45) is 0. The van der Waals surface area contributed by atoms with Gasteiger partial charge in [0.25, 0.3) is 0 Å². The largest absolute Gasteiger partial charge is 0.480 e. The lowest BCUT2D eigenvalue weighted by Gasteiger charge is -1.91. The molecule has 0 fully saturated rings. The summed E-state index contributed by atoms with van der Waals surface area (Å²) in [7, 11) is -4.04. The minimum Gasteiger partial charge on any atom is -0.480 e. The van der Waals surface area contributed by atoms with E-state index in [1.807, 2.05) is 0 Å². The van der Waals surface area contributed by atoms with E-state index in [1.54, 1.807) is 0 Å². The van der Waals surface area contributed by atoms with Crippen LogP contribution in [-0.2, 0) is 19.4 Å². The first-order valence-corrected chi connectivity index (χ1v) is 3.96. The van der Waals surface area contributed by atoms with E-state index in [4.69, 9.17) is 5.11 Å². The monoisotopic (exact) mass is 166 g/mol. The average Bonchev–Trinajstić information content (AvgIpc) is 1.60. The molecular weight excluding hydrogens is 160 g/mol. The Hall–Kier alpha value is -0.910. The predicted molar refractivity (Wildman–Crippen MR) is 32.1 cm³/mol. The zero-order valence-electron chi connectivity index (χ0n) is 5.20. The van der Waals surface area contributed by atoms with Gasteiger partial charge in [-0.2, -0.15) is 0 Å². The van der Waals surface area contributed by atoms with Gasteiger partial charge in [0.1, 0.15) is 0 Å². The van der Waals surface area contributed by atoms with Crippen molar-refractivity contribution in [3.05, 3.63) is 0 Å². The maximum atomic E-state index is 10.4. The highest BCUT2D eigenvalue weighted by atomic mass is 32.2. The molecule has 1 N–H and O–H groups in total. The van der Waals surface area contributed by atoms with E-state index in [9.17, 15) is 18.0 Å². The predicted octanol–water partition coefficient (Wildman–Crippen LogP) is -0.968. The fraction of sp³-hybridized carbons (Fsp3) is 0.500. The van der Waals surface area contributed by atoms with Gasteiger partial charge in [-0.15, -0.1) is 0 Å². The van der Waals surface area contributed by atoms with Gasteiger partial charge in [0.15, 0.2) is 5.75 Å². The van der Waals surface area contributed by atoms with Crippen LogP contribution >= 0.6 is 0 Å². The topological polar surface area (TPSA) is 88.5 Å². The quantitative estimate of drug-likeness (QED) is 0.570. The summed E-state index contributed by atoms with van der Waals surface area (Å²) in [6, 6.07) is 0. The molecule has 0 amide bonds. The summed E-state index contributed by atoms with van der Waals surface area (Å²) in [5.74, 6) is -2.64. The fourth-order valence-corrected chi connectivity index (χ4v) is 0.793. The molecular formula is C4H6O5S. The van der Waals surface area contributed by atoms with Crippen LogP contribution in [0, 0.1) is 0 Å². The number of hydrogen-bond acceptors (Lipinski definition) is 4. The van der Waals surface area contributed by atoms with Crippen LogP contribution in [-0.4, -0.2) is 30.4 Å². The van der Waals surface area contributed by atoms with Crippen LogP contribution in [0.1, 0.15) is 6.92 Å². The Morgan fingerprint density at radius 1 is 1.40 bits per heavy atom. The third-order valence-corrected chi connectivity index (χ3v) is 2.25. The molecule has 58 valence electrons. The molecule has 0 aromatic carbocycles. The first-order chi connectivity index (χ1) is 4.36. The van der Waals surface area contributed by atoms with Crippen molar-refractivity contribution < 1.29 is 23.1 Å². The van der Waals surface area contributed by atoms with Crippen molar-refractivity contribution in [3.63, 3.8) is 0 Å². The van der Waals surface area contributed by atoms with Crippen LogP contribution < -0.4 is 0 Å². The highest BCUT2D eigenvalue weighted by Crippen LogP contribution is 1.90. The van der Waals surface area contributed by atoms with Gasteiger partial charge in [-0.05, 0) is 0 Å². The molecule has 5 nitrogen and oxygen atoms in total. The van der Waals surface area contributed by atoms with Crippen molar-refractivity contribution in [2.24, 2.45) is 0 Å². The van der Waals surface area contributed by atoms with Crippen LogP contribution in [0.15, 0.2) is 0 Å². The van der Waals surface area contributed by atoms with Crippen LogP contribution in [0.25, 0.3) is 0 Å². The number of carbonyl (C=O) groups excluding carboxylic acids is 1. The molecule has 0 aromatic rings. The summed E-state index contributed by atoms with van der Waals surface area (Å²) < 4.78 is 20.8. The first-order valence-electron chi connectivity index (χ1n) is 2.31. The minimum absolute atomic E-state index is 0.818. The number of rotatable bonds is 2. The highest BCUT2D eigenvalue weighted by Gasteiger charge is 2.20. The molecule has 6 heteroatoms.